The second kappa shape index (κ2) is 4.57. The van der Waals surface area contributed by atoms with Gasteiger partial charge in [-0.25, -0.2) is 9.97 Å². The first-order chi connectivity index (χ1) is 8.88. The van der Waals surface area contributed by atoms with Crippen molar-refractivity contribution in [2.24, 2.45) is 0 Å². The van der Waals surface area contributed by atoms with Gasteiger partial charge in [-0.1, -0.05) is 49.4 Å². The van der Waals surface area contributed by atoms with Crippen molar-refractivity contribution in [1.82, 2.24) is 9.97 Å². The van der Waals surface area contributed by atoms with E-state index in [1.54, 1.807) is 6.33 Å². The second-order valence-corrected chi connectivity index (χ2v) is 4.29. The first-order valence-corrected chi connectivity index (χ1v) is 6.17. The van der Waals surface area contributed by atoms with Crippen LogP contribution in [0.1, 0.15) is 12.5 Å². The van der Waals surface area contributed by atoms with Crippen molar-refractivity contribution in [1.29, 1.82) is 0 Å². The zero-order valence-corrected chi connectivity index (χ0v) is 10.3. The van der Waals surface area contributed by atoms with Crippen LogP contribution < -0.4 is 0 Å². The molecule has 0 bridgehead atoms. The van der Waals surface area contributed by atoms with Crippen LogP contribution in [0.2, 0.25) is 0 Å². The quantitative estimate of drug-likeness (QED) is 0.673. The molecule has 0 radical (unpaired) electrons. The van der Waals surface area contributed by atoms with Crippen LogP contribution >= 0.6 is 0 Å². The Hall–Kier alpha value is -2.22. The smallest absolute Gasteiger partial charge is 0.116 e. The third-order valence-corrected chi connectivity index (χ3v) is 3.18. The summed E-state index contributed by atoms with van der Waals surface area (Å²) in [6, 6.07) is 16.7. The number of rotatable bonds is 2. The summed E-state index contributed by atoms with van der Waals surface area (Å²) in [5.41, 5.74) is 4.48. The van der Waals surface area contributed by atoms with Crippen LogP contribution in [-0.2, 0) is 6.42 Å². The zero-order chi connectivity index (χ0) is 12.4. The highest BCUT2D eigenvalue weighted by Gasteiger charge is 2.05. The fraction of sp³-hybridized carbons (Fsp3) is 0.125. The van der Waals surface area contributed by atoms with Crippen LogP contribution in [0.4, 0.5) is 0 Å². The Morgan fingerprint density at radius 3 is 2.44 bits per heavy atom. The molecule has 0 atom stereocenters. The molecular formula is C16H14N2. The molecule has 0 aliphatic carbocycles. The number of nitrogens with zero attached hydrogens (tertiary/aromatic N) is 2. The molecule has 1 heterocycles. The molecule has 88 valence electrons. The normalized spacial score (nSPS) is 10.7. The Labute approximate surface area is 106 Å². The van der Waals surface area contributed by atoms with Crippen molar-refractivity contribution in [3.63, 3.8) is 0 Å². The molecule has 0 amide bonds. The Morgan fingerprint density at radius 1 is 0.889 bits per heavy atom. The standard InChI is InChI=1S/C16H14N2/c1-2-12-7-9-13(10-8-12)16-14-5-3-4-6-15(14)17-11-18-16/h3-11H,2H2,1H3. The van der Waals surface area contributed by atoms with E-state index in [1.807, 2.05) is 18.2 Å². The Kier molecular flexibility index (Phi) is 2.77. The number of benzene rings is 2. The van der Waals surface area contributed by atoms with Gasteiger partial charge in [0.1, 0.15) is 6.33 Å². The Morgan fingerprint density at radius 2 is 1.67 bits per heavy atom. The highest BCUT2D eigenvalue weighted by molar-refractivity contribution is 5.91. The molecule has 0 aliphatic heterocycles. The van der Waals surface area contributed by atoms with Gasteiger partial charge >= 0.3 is 0 Å². The van der Waals surface area contributed by atoms with Crippen molar-refractivity contribution in [2.75, 3.05) is 0 Å². The topological polar surface area (TPSA) is 25.8 Å². The fourth-order valence-electron chi connectivity index (χ4n) is 2.13. The van der Waals surface area contributed by atoms with Gasteiger partial charge < -0.3 is 0 Å². The van der Waals surface area contributed by atoms with Gasteiger partial charge in [0.2, 0.25) is 0 Å². The molecule has 1 aromatic heterocycles. The van der Waals surface area contributed by atoms with E-state index >= 15 is 0 Å². The molecule has 3 aromatic rings. The highest BCUT2D eigenvalue weighted by Crippen LogP contribution is 2.25. The summed E-state index contributed by atoms with van der Waals surface area (Å²) in [4.78, 5) is 8.71. The van der Waals surface area contributed by atoms with Gasteiger partial charge in [0, 0.05) is 10.9 Å². The molecule has 3 rings (SSSR count). The lowest BCUT2D eigenvalue weighted by atomic mass is 10.0. The molecular weight excluding hydrogens is 220 g/mol. The monoisotopic (exact) mass is 234 g/mol. The van der Waals surface area contributed by atoms with Crippen LogP contribution in [0.3, 0.4) is 0 Å². The molecule has 2 nitrogen and oxygen atoms in total. The lowest BCUT2D eigenvalue weighted by Gasteiger charge is -2.05. The molecule has 0 saturated heterocycles. The number of aryl methyl sites for hydroxylation is 1. The van der Waals surface area contributed by atoms with Gasteiger partial charge in [0.15, 0.2) is 0 Å². The minimum absolute atomic E-state index is 0.988. The van der Waals surface area contributed by atoms with Crippen LogP contribution in [0.25, 0.3) is 22.2 Å². The summed E-state index contributed by atoms with van der Waals surface area (Å²) in [5, 5.41) is 1.10. The maximum atomic E-state index is 4.42. The summed E-state index contributed by atoms with van der Waals surface area (Å²) in [6.07, 6.45) is 2.69. The molecule has 18 heavy (non-hydrogen) atoms. The van der Waals surface area contributed by atoms with E-state index in [0.717, 1.165) is 28.6 Å². The van der Waals surface area contributed by atoms with E-state index in [0.29, 0.717) is 0 Å². The predicted octanol–water partition coefficient (Wildman–Crippen LogP) is 3.86. The van der Waals surface area contributed by atoms with E-state index in [9.17, 15) is 0 Å². The predicted molar refractivity (Wildman–Crippen MR) is 74.4 cm³/mol. The average molecular weight is 234 g/mol. The molecule has 0 spiro atoms. The van der Waals surface area contributed by atoms with Gasteiger partial charge in [-0.05, 0) is 18.1 Å². The number of fused-ring (bicyclic) bond motifs is 1. The number of aromatic nitrogens is 2. The van der Waals surface area contributed by atoms with Crippen LogP contribution in [0.15, 0.2) is 54.9 Å². The maximum absolute atomic E-state index is 4.42. The van der Waals surface area contributed by atoms with Crippen molar-refractivity contribution in [2.45, 2.75) is 13.3 Å². The summed E-state index contributed by atoms with van der Waals surface area (Å²) < 4.78 is 0. The number of hydrogen-bond acceptors (Lipinski definition) is 2. The Bertz CT molecular complexity index is 667. The van der Waals surface area contributed by atoms with Gasteiger partial charge in [-0.2, -0.15) is 0 Å². The molecule has 0 unspecified atom stereocenters. The van der Waals surface area contributed by atoms with E-state index in [2.05, 4.69) is 47.2 Å². The maximum Gasteiger partial charge on any atom is 0.116 e. The summed E-state index contributed by atoms with van der Waals surface area (Å²) in [6.45, 7) is 2.16. The van der Waals surface area contributed by atoms with E-state index in [-0.39, 0.29) is 0 Å². The molecule has 0 N–H and O–H groups in total. The van der Waals surface area contributed by atoms with Gasteiger partial charge in [0.05, 0.1) is 11.2 Å². The second-order valence-electron chi connectivity index (χ2n) is 4.29. The van der Waals surface area contributed by atoms with Crippen molar-refractivity contribution >= 4 is 10.9 Å². The molecule has 0 aliphatic rings. The first-order valence-electron chi connectivity index (χ1n) is 6.17. The van der Waals surface area contributed by atoms with E-state index in [4.69, 9.17) is 0 Å². The lowest BCUT2D eigenvalue weighted by molar-refractivity contribution is 1.14. The third kappa shape index (κ3) is 1.86. The largest absolute Gasteiger partial charge is 0.236 e. The Balaban J connectivity index is 2.18. The van der Waals surface area contributed by atoms with Gasteiger partial charge in [0.25, 0.3) is 0 Å². The highest BCUT2D eigenvalue weighted by atomic mass is 14.8. The average Bonchev–Trinajstić information content (AvgIpc) is 2.47. The summed E-state index contributed by atoms with van der Waals surface area (Å²) in [5.74, 6) is 0. The summed E-state index contributed by atoms with van der Waals surface area (Å²) >= 11 is 0. The van der Waals surface area contributed by atoms with Crippen molar-refractivity contribution in [3.05, 3.63) is 60.4 Å². The number of hydrogen-bond donors (Lipinski definition) is 0. The third-order valence-electron chi connectivity index (χ3n) is 3.18. The van der Waals surface area contributed by atoms with Crippen molar-refractivity contribution < 1.29 is 0 Å². The minimum Gasteiger partial charge on any atom is -0.236 e. The molecule has 0 fully saturated rings. The van der Waals surface area contributed by atoms with E-state index < -0.39 is 0 Å². The minimum atomic E-state index is 0.988. The zero-order valence-electron chi connectivity index (χ0n) is 10.3. The van der Waals surface area contributed by atoms with Crippen LogP contribution in [0.5, 0.6) is 0 Å². The summed E-state index contributed by atoms with van der Waals surface area (Å²) in [7, 11) is 0. The van der Waals surface area contributed by atoms with E-state index in [1.165, 1.54) is 5.56 Å². The molecule has 0 saturated carbocycles. The lowest BCUT2D eigenvalue weighted by Crippen LogP contribution is -1.89. The molecule has 2 heteroatoms. The van der Waals surface area contributed by atoms with Gasteiger partial charge in [-0.15, -0.1) is 0 Å². The fourth-order valence-corrected chi connectivity index (χ4v) is 2.13. The van der Waals surface area contributed by atoms with Crippen molar-refractivity contribution in [3.8, 4) is 11.3 Å². The van der Waals surface area contributed by atoms with Gasteiger partial charge in [-0.3, -0.25) is 0 Å². The number of para-hydroxylation sites is 1. The SMILES string of the molecule is CCc1ccc(-c2ncnc3ccccc23)cc1. The van der Waals surface area contributed by atoms with Crippen LogP contribution in [0, 0.1) is 0 Å². The first kappa shape index (κ1) is 10.9. The van der Waals surface area contributed by atoms with Crippen LogP contribution in [-0.4, -0.2) is 9.97 Å². The molecule has 2 aromatic carbocycles.